The maximum Gasteiger partial charge on any atom is 0.326 e. The summed E-state index contributed by atoms with van der Waals surface area (Å²) in [5.41, 5.74) is 4.05. The van der Waals surface area contributed by atoms with Crippen LogP contribution in [0.2, 0.25) is 0 Å². The van der Waals surface area contributed by atoms with Crippen LogP contribution in [-0.4, -0.2) is 113 Å². The van der Waals surface area contributed by atoms with Crippen LogP contribution in [0.25, 0.3) is 0 Å². The SMILES string of the molecule is C[C@@H](NC(=O)[C@@H]1C[C@](F)(COCCNC(=O)CC[C@H](NC(=O)CCCCCCCCCCCCCCCCC(=O)O)C(=O)O)CN1C(=O)CNC(=O)c1ccc(Oc2ccc(F)cc2)cc1)c1cc(C(=N)N)cs1. The minimum absolute atomic E-state index is 0.0592. The molecule has 18 nitrogen and oxygen atoms in total. The lowest BCUT2D eigenvalue weighted by Crippen LogP contribution is -2.49. The molecule has 0 aliphatic carbocycles. The molecule has 2 aromatic carbocycles. The van der Waals surface area contributed by atoms with E-state index in [2.05, 4.69) is 21.3 Å². The van der Waals surface area contributed by atoms with Gasteiger partial charge in [-0.15, -0.1) is 11.3 Å². The van der Waals surface area contributed by atoms with E-state index in [-0.39, 0.29) is 50.2 Å². The zero-order valence-electron chi connectivity index (χ0n) is 42.2. The number of hydrogen-bond acceptors (Lipinski definition) is 11. The third-order valence-corrected chi connectivity index (χ3v) is 13.7. The summed E-state index contributed by atoms with van der Waals surface area (Å²) in [4.78, 5) is 89.7. The molecular weight excluding hydrogens is 981 g/mol. The lowest BCUT2D eigenvalue weighted by atomic mass is 10.0. The predicted octanol–water partition coefficient (Wildman–Crippen LogP) is 7.69. The first-order valence-electron chi connectivity index (χ1n) is 25.5. The van der Waals surface area contributed by atoms with Crippen molar-refractivity contribution in [1.29, 1.82) is 5.41 Å². The number of halogens is 2. The zero-order valence-corrected chi connectivity index (χ0v) is 43.1. The van der Waals surface area contributed by atoms with Crippen molar-refractivity contribution in [2.75, 3.05) is 32.8 Å². The number of rotatable bonds is 36. The number of nitrogens with one attached hydrogen (secondary N) is 5. The number of carbonyl (C=O) groups is 7. The van der Waals surface area contributed by atoms with Crippen LogP contribution in [0.15, 0.2) is 60.0 Å². The molecule has 74 heavy (non-hydrogen) atoms. The molecule has 0 unspecified atom stereocenters. The molecule has 0 radical (unpaired) electrons. The number of carboxylic acid groups (broad SMARTS) is 2. The average molecular weight is 1050 g/mol. The number of amidine groups is 1. The topological polar surface area (TPSA) is 280 Å². The van der Waals surface area contributed by atoms with Crippen molar-refractivity contribution in [2.45, 2.75) is 153 Å². The van der Waals surface area contributed by atoms with Gasteiger partial charge < -0.3 is 51.6 Å². The van der Waals surface area contributed by atoms with Gasteiger partial charge in [0, 0.05) is 53.6 Å². The molecule has 21 heteroatoms. The third-order valence-electron chi connectivity index (χ3n) is 12.6. The van der Waals surface area contributed by atoms with Gasteiger partial charge in [-0.1, -0.05) is 77.0 Å². The van der Waals surface area contributed by atoms with E-state index < -0.39 is 97.2 Å². The number of carbonyl (C=O) groups excluding carboxylic acids is 5. The molecule has 1 aromatic heterocycles. The number of aliphatic carboxylic acids is 2. The van der Waals surface area contributed by atoms with E-state index in [1.807, 2.05) is 0 Å². The van der Waals surface area contributed by atoms with Crippen LogP contribution < -0.4 is 31.7 Å². The van der Waals surface area contributed by atoms with E-state index in [4.69, 9.17) is 25.7 Å². The van der Waals surface area contributed by atoms with Gasteiger partial charge in [0.1, 0.15) is 35.2 Å². The summed E-state index contributed by atoms with van der Waals surface area (Å²) in [6, 6.07) is 9.85. The average Bonchev–Trinajstić information content (AvgIpc) is 4.01. The Balaban J connectivity index is 1.15. The summed E-state index contributed by atoms with van der Waals surface area (Å²) in [5.74, 6) is -4.73. The van der Waals surface area contributed by atoms with Crippen LogP contribution in [-0.2, 0) is 33.5 Å². The summed E-state index contributed by atoms with van der Waals surface area (Å²) in [5, 5.41) is 38.2. The number of nitrogen functional groups attached to an aromatic ring is 1. The monoisotopic (exact) mass is 1050 g/mol. The van der Waals surface area contributed by atoms with Crippen LogP contribution >= 0.6 is 11.3 Å². The fraction of sp³-hybridized carbons (Fsp3) is 0.547. The Bertz CT molecular complexity index is 2300. The first kappa shape index (κ1) is 60.1. The molecule has 5 amide bonds. The van der Waals surface area contributed by atoms with Gasteiger partial charge in [0.25, 0.3) is 5.91 Å². The largest absolute Gasteiger partial charge is 0.481 e. The third kappa shape index (κ3) is 22.3. The van der Waals surface area contributed by atoms with Crippen molar-refractivity contribution in [3.05, 3.63) is 81.8 Å². The number of hydrogen-bond donors (Lipinski definition) is 8. The molecule has 1 aliphatic heterocycles. The Morgan fingerprint density at radius 2 is 1.35 bits per heavy atom. The highest BCUT2D eigenvalue weighted by Crippen LogP contribution is 2.33. The van der Waals surface area contributed by atoms with E-state index >= 15 is 4.39 Å². The summed E-state index contributed by atoms with van der Waals surface area (Å²) in [6.45, 7) is -0.186. The quantitative estimate of drug-likeness (QED) is 0.0158. The Morgan fingerprint density at radius 3 is 1.91 bits per heavy atom. The summed E-state index contributed by atoms with van der Waals surface area (Å²) >= 11 is 1.26. The van der Waals surface area contributed by atoms with Gasteiger partial charge >= 0.3 is 11.9 Å². The second-order valence-corrected chi connectivity index (χ2v) is 19.7. The number of nitrogens with zero attached hydrogens (tertiary/aromatic N) is 1. The maximum atomic E-state index is 16.5. The molecule has 0 saturated carbocycles. The number of nitrogens with two attached hydrogens (primary N) is 1. The van der Waals surface area contributed by atoms with Gasteiger partial charge in [0.15, 0.2) is 5.67 Å². The van der Waals surface area contributed by atoms with Crippen molar-refractivity contribution in [3.8, 4) is 11.5 Å². The van der Waals surface area contributed by atoms with Crippen LogP contribution in [0.5, 0.6) is 11.5 Å². The van der Waals surface area contributed by atoms with Crippen molar-refractivity contribution in [1.82, 2.24) is 26.2 Å². The molecule has 9 N–H and O–H groups in total. The van der Waals surface area contributed by atoms with Gasteiger partial charge in [0.2, 0.25) is 23.6 Å². The molecule has 3 aromatic rings. The van der Waals surface area contributed by atoms with Crippen molar-refractivity contribution < 1.29 is 62.0 Å². The van der Waals surface area contributed by atoms with Gasteiger partial charge in [0.05, 0.1) is 32.3 Å². The van der Waals surface area contributed by atoms with Crippen LogP contribution in [0.3, 0.4) is 0 Å². The number of amides is 5. The first-order valence-corrected chi connectivity index (χ1v) is 26.4. The minimum atomic E-state index is -2.21. The molecule has 406 valence electrons. The highest BCUT2D eigenvalue weighted by atomic mass is 32.1. The van der Waals surface area contributed by atoms with Gasteiger partial charge in [-0.05, 0) is 80.8 Å². The van der Waals surface area contributed by atoms with Crippen molar-refractivity contribution >= 4 is 58.6 Å². The van der Waals surface area contributed by atoms with Crippen LogP contribution in [0, 0.1) is 11.2 Å². The van der Waals surface area contributed by atoms with Gasteiger partial charge in [-0.2, -0.15) is 0 Å². The first-order chi connectivity index (χ1) is 35.4. The number of carboxylic acids is 2. The highest BCUT2D eigenvalue weighted by Gasteiger charge is 2.49. The van der Waals surface area contributed by atoms with Gasteiger partial charge in [-0.25, -0.2) is 13.6 Å². The van der Waals surface area contributed by atoms with E-state index in [1.54, 1.807) is 18.4 Å². The van der Waals surface area contributed by atoms with E-state index in [0.29, 0.717) is 28.4 Å². The molecule has 4 atom stereocenters. The fourth-order valence-electron chi connectivity index (χ4n) is 8.40. The molecule has 4 rings (SSSR count). The number of ether oxygens (including phenoxy) is 2. The Hall–Kier alpha value is -6.48. The highest BCUT2D eigenvalue weighted by molar-refractivity contribution is 7.10. The van der Waals surface area contributed by atoms with E-state index in [0.717, 1.165) is 62.7 Å². The lowest BCUT2D eigenvalue weighted by molar-refractivity contribution is -0.142. The number of alkyl halides is 1. The zero-order chi connectivity index (χ0) is 53.9. The van der Waals surface area contributed by atoms with Crippen molar-refractivity contribution in [3.63, 3.8) is 0 Å². The van der Waals surface area contributed by atoms with E-state index in [1.165, 1.54) is 85.6 Å². The molecule has 0 spiro atoms. The van der Waals surface area contributed by atoms with Crippen LogP contribution in [0.1, 0.15) is 156 Å². The number of unbranched alkanes of at least 4 members (excludes halogenated alkanes) is 13. The molecule has 1 fully saturated rings. The number of benzene rings is 2. The second kappa shape index (κ2) is 32.0. The van der Waals surface area contributed by atoms with Gasteiger partial charge in [-0.3, -0.25) is 34.2 Å². The smallest absolute Gasteiger partial charge is 0.326 e. The standard InChI is InChI=1S/C53H73F2N7O11S/c1-36(44-30-38(33-74-44)49(56)57)60-51(69)43-31-53(55,34-62(43)47(65)32-59-50(68)37-18-22-40(23-19-37)73-41-24-20-39(54)21-25-41)35-72-29-28-58-45(63)27-26-42(52(70)71)61-46(64)16-14-12-10-8-6-4-2-3-5-7-9-11-13-15-17-48(66)67/h18-25,30,33,36,42-43H,2-17,26-29,31-32,34-35H2,1H3,(H3,56,57)(H,58,63)(H,59,68)(H,60,69)(H,61,64)(H,66,67)(H,70,71)/t36-,42+,43+,53-/m1/s1. The summed E-state index contributed by atoms with van der Waals surface area (Å²) in [7, 11) is 0. The number of thiophene rings is 1. The summed E-state index contributed by atoms with van der Waals surface area (Å²) in [6.07, 6.45) is 14.2. The Labute approximate surface area is 435 Å². The molecular formula is C53H73F2N7O11S. The number of likely N-dealkylation sites (tertiary alicyclic amines) is 1. The second-order valence-electron chi connectivity index (χ2n) is 18.8. The van der Waals surface area contributed by atoms with E-state index in [9.17, 15) is 43.1 Å². The molecule has 1 saturated heterocycles. The minimum Gasteiger partial charge on any atom is -0.481 e. The normalized spacial score (nSPS) is 15.9. The van der Waals surface area contributed by atoms with Crippen LogP contribution in [0.4, 0.5) is 8.78 Å². The molecule has 1 aliphatic rings. The predicted molar refractivity (Wildman–Crippen MR) is 275 cm³/mol. The summed E-state index contributed by atoms with van der Waals surface area (Å²) < 4.78 is 41.1. The fourth-order valence-corrected chi connectivity index (χ4v) is 9.32. The lowest BCUT2D eigenvalue weighted by Gasteiger charge is -2.25. The molecule has 0 bridgehead atoms. The Morgan fingerprint density at radius 1 is 0.784 bits per heavy atom. The van der Waals surface area contributed by atoms with Crippen molar-refractivity contribution in [2.24, 2.45) is 5.73 Å². The molecule has 2 heterocycles. The Kier molecular flexibility index (Phi) is 25.9. The maximum absolute atomic E-state index is 16.5.